The van der Waals surface area contributed by atoms with E-state index in [0.29, 0.717) is 5.82 Å². The lowest BCUT2D eigenvalue weighted by molar-refractivity contribution is 1.16. The van der Waals surface area contributed by atoms with E-state index in [-0.39, 0.29) is 5.28 Å². The number of pyridine rings is 1. The van der Waals surface area contributed by atoms with Crippen molar-refractivity contribution >= 4 is 29.6 Å². The molecule has 17 heavy (non-hydrogen) atoms. The highest BCUT2D eigenvalue weighted by Gasteiger charge is 1.96. The number of aromatic nitrogens is 3. The first-order valence-electron chi connectivity index (χ1n) is 5.04. The number of nitrogens with two attached hydrogens (primary N) is 1. The molecule has 0 saturated heterocycles. The Morgan fingerprint density at radius 2 is 1.88 bits per heavy atom. The molecule has 0 fully saturated rings. The van der Waals surface area contributed by atoms with Gasteiger partial charge in [-0.05, 0) is 36.2 Å². The Bertz CT molecular complexity index is 549. The van der Waals surface area contributed by atoms with Crippen LogP contribution in [0.5, 0.6) is 0 Å². The van der Waals surface area contributed by atoms with Gasteiger partial charge in [0.2, 0.25) is 5.28 Å². The standard InChI is InChI=1S/C12H11ClN4/c1-8-10(4-5-11(14)17-8)3-2-9-6-15-12(13)16-7-9/h2-7H,1H3,(H2,14,17)/b3-2+. The molecule has 0 atom stereocenters. The van der Waals surface area contributed by atoms with Crippen LogP contribution in [0.4, 0.5) is 5.82 Å². The molecule has 0 unspecified atom stereocenters. The minimum Gasteiger partial charge on any atom is -0.384 e. The molecule has 86 valence electrons. The first-order chi connectivity index (χ1) is 8.15. The maximum Gasteiger partial charge on any atom is 0.222 e. The molecule has 5 heteroatoms. The fraction of sp³-hybridized carbons (Fsp3) is 0.0833. The molecule has 4 nitrogen and oxygen atoms in total. The van der Waals surface area contributed by atoms with Crippen LogP contribution in [-0.4, -0.2) is 15.0 Å². The number of rotatable bonds is 2. The third kappa shape index (κ3) is 3.01. The summed E-state index contributed by atoms with van der Waals surface area (Å²) in [6, 6.07) is 3.69. The summed E-state index contributed by atoms with van der Waals surface area (Å²) in [5.74, 6) is 0.523. The molecule has 2 N–H and O–H groups in total. The van der Waals surface area contributed by atoms with E-state index in [4.69, 9.17) is 17.3 Å². The van der Waals surface area contributed by atoms with Crippen molar-refractivity contribution in [3.8, 4) is 0 Å². The average molecular weight is 247 g/mol. The summed E-state index contributed by atoms with van der Waals surface area (Å²) in [6.45, 7) is 1.91. The largest absolute Gasteiger partial charge is 0.384 e. The van der Waals surface area contributed by atoms with Crippen LogP contribution in [0, 0.1) is 6.92 Å². The van der Waals surface area contributed by atoms with Crippen molar-refractivity contribution in [2.75, 3.05) is 5.73 Å². The zero-order valence-electron chi connectivity index (χ0n) is 9.26. The van der Waals surface area contributed by atoms with Crippen LogP contribution in [0.15, 0.2) is 24.5 Å². The van der Waals surface area contributed by atoms with Crippen molar-refractivity contribution in [3.63, 3.8) is 0 Å². The van der Waals surface area contributed by atoms with Crippen molar-refractivity contribution in [1.82, 2.24) is 15.0 Å². The van der Waals surface area contributed by atoms with E-state index in [9.17, 15) is 0 Å². The van der Waals surface area contributed by atoms with Gasteiger partial charge in [0.1, 0.15) is 5.82 Å². The quantitative estimate of drug-likeness (QED) is 0.828. The Kier molecular flexibility index (Phi) is 3.35. The van der Waals surface area contributed by atoms with Crippen molar-refractivity contribution < 1.29 is 0 Å². The molecule has 2 heterocycles. The van der Waals surface area contributed by atoms with Gasteiger partial charge in [0.15, 0.2) is 0 Å². The smallest absolute Gasteiger partial charge is 0.222 e. The van der Waals surface area contributed by atoms with E-state index in [2.05, 4.69) is 15.0 Å². The van der Waals surface area contributed by atoms with Gasteiger partial charge in [-0.1, -0.05) is 12.2 Å². The lowest BCUT2D eigenvalue weighted by Gasteiger charge is -2.00. The fourth-order valence-corrected chi connectivity index (χ4v) is 1.46. The summed E-state index contributed by atoms with van der Waals surface area (Å²) < 4.78 is 0. The predicted octanol–water partition coefficient (Wildman–Crippen LogP) is 2.59. The van der Waals surface area contributed by atoms with Crippen molar-refractivity contribution in [1.29, 1.82) is 0 Å². The van der Waals surface area contributed by atoms with Crippen LogP contribution >= 0.6 is 11.6 Å². The van der Waals surface area contributed by atoms with Crippen molar-refractivity contribution in [3.05, 3.63) is 46.6 Å². The molecule has 0 radical (unpaired) electrons. The summed E-state index contributed by atoms with van der Waals surface area (Å²) in [5.41, 5.74) is 8.36. The molecule has 0 saturated carbocycles. The van der Waals surface area contributed by atoms with E-state index in [0.717, 1.165) is 16.8 Å². The van der Waals surface area contributed by atoms with Gasteiger partial charge < -0.3 is 5.73 Å². The zero-order chi connectivity index (χ0) is 12.3. The van der Waals surface area contributed by atoms with Crippen LogP contribution < -0.4 is 5.73 Å². The lowest BCUT2D eigenvalue weighted by Crippen LogP contribution is -1.93. The first kappa shape index (κ1) is 11.5. The molecule has 2 rings (SSSR count). The van der Waals surface area contributed by atoms with Gasteiger partial charge in [-0.2, -0.15) is 0 Å². The highest BCUT2D eigenvalue weighted by molar-refractivity contribution is 6.28. The van der Waals surface area contributed by atoms with Crippen molar-refractivity contribution in [2.24, 2.45) is 0 Å². The Labute approximate surface area is 104 Å². The number of hydrogen-bond acceptors (Lipinski definition) is 4. The third-order valence-electron chi connectivity index (χ3n) is 2.24. The second-order valence-corrected chi connectivity index (χ2v) is 3.87. The van der Waals surface area contributed by atoms with Gasteiger partial charge >= 0.3 is 0 Å². The van der Waals surface area contributed by atoms with Crippen LogP contribution in [-0.2, 0) is 0 Å². The SMILES string of the molecule is Cc1nc(N)ccc1/C=C/c1cnc(Cl)nc1. The molecule has 0 amide bonds. The zero-order valence-corrected chi connectivity index (χ0v) is 10.0. The topological polar surface area (TPSA) is 64.7 Å². The summed E-state index contributed by atoms with van der Waals surface area (Å²) in [7, 11) is 0. The molecule has 0 aliphatic heterocycles. The second-order valence-electron chi connectivity index (χ2n) is 3.53. The molecular weight excluding hydrogens is 236 g/mol. The average Bonchev–Trinajstić information content (AvgIpc) is 2.30. The number of nitrogen functional groups attached to an aromatic ring is 1. The van der Waals surface area contributed by atoms with Gasteiger partial charge in [-0.25, -0.2) is 15.0 Å². The third-order valence-corrected chi connectivity index (χ3v) is 2.44. The van der Waals surface area contributed by atoms with Gasteiger partial charge in [0, 0.05) is 23.7 Å². The molecule has 2 aromatic rings. The minimum atomic E-state index is 0.243. The van der Waals surface area contributed by atoms with Gasteiger partial charge in [-0.3, -0.25) is 0 Å². The van der Waals surface area contributed by atoms with Gasteiger partial charge in [-0.15, -0.1) is 0 Å². The molecular formula is C12H11ClN4. The fourth-order valence-electron chi connectivity index (χ4n) is 1.36. The summed E-state index contributed by atoms with van der Waals surface area (Å²) in [5, 5.41) is 0.243. The highest BCUT2D eigenvalue weighted by atomic mass is 35.5. The van der Waals surface area contributed by atoms with E-state index < -0.39 is 0 Å². The van der Waals surface area contributed by atoms with E-state index in [1.54, 1.807) is 18.5 Å². The number of halogens is 1. The Morgan fingerprint density at radius 1 is 1.18 bits per heavy atom. The molecule has 0 aromatic carbocycles. The van der Waals surface area contributed by atoms with Crippen LogP contribution in [0.25, 0.3) is 12.2 Å². The molecule has 0 aliphatic carbocycles. The predicted molar refractivity (Wildman–Crippen MR) is 69.4 cm³/mol. The van der Waals surface area contributed by atoms with Crippen molar-refractivity contribution in [2.45, 2.75) is 6.92 Å². The Morgan fingerprint density at radius 3 is 2.53 bits per heavy atom. The van der Waals surface area contributed by atoms with Crippen LogP contribution in [0.3, 0.4) is 0 Å². The highest BCUT2D eigenvalue weighted by Crippen LogP contribution is 2.12. The first-order valence-corrected chi connectivity index (χ1v) is 5.42. The van der Waals surface area contributed by atoms with Gasteiger partial charge in [0.05, 0.1) is 0 Å². The molecule has 0 spiro atoms. The molecule has 0 aliphatic rings. The Hall–Kier alpha value is -1.94. The van der Waals surface area contributed by atoms with E-state index in [1.165, 1.54) is 0 Å². The van der Waals surface area contributed by atoms with E-state index in [1.807, 2.05) is 25.1 Å². The number of aryl methyl sites for hydroxylation is 1. The summed E-state index contributed by atoms with van der Waals surface area (Å²) in [4.78, 5) is 12.0. The number of nitrogens with zero attached hydrogens (tertiary/aromatic N) is 3. The van der Waals surface area contributed by atoms with Crippen LogP contribution in [0.1, 0.15) is 16.8 Å². The normalized spacial score (nSPS) is 10.9. The summed E-state index contributed by atoms with van der Waals surface area (Å²) in [6.07, 6.45) is 7.16. The van der Waals surface area contributed by atoms with Gasteiger partial charge in [0.25, 0.3) is 0 Å². The monoisotopic (exact) mass is 246 g/mol. The van der Waals surface area contributed by atoms with E-state index >= 15 is 0 Å². The number of hydrogen-bond donors (Lipinski definition) is 1. The maximum atomic E-state index is 5.60. The lowest BCUT2D eigenvalue weighted by atomic mass is 10.1. The van der Waals surface area contributed by atoms with Crippen LogP contribution in [0.2, 0.25) is 5.28 Å². The number of anilines is 1. The summed E-state index contributed by atoms with van der Waals surface area (Å²) >= 11 is 5.60. The minimum absolute atomic E-state index is 0.243. The maximum absolute atomic E-state index is 5.60. The molecule has 2 aromatic heterocycles. The second kappa shape index (κ2) is 4.93. The molecule has 0 bridgehead atoms. The Balaban J connectivity index is 2.23.